The van der Waals surface area contributed by atoms with Crippen molar-refractivity contribution >= 4 is 11.6 Å². The topological polar surface area (TPSA) is 32.8 Å². The molecular weight excluding hydrogens is 276 g/mol. The van der Waals surface area contributed by atoms with E-state index in [4.69, 9.17) is 4.74 Å². The summed E-state index contributed by atoms with van der Waals surface area (Å²) in [6.45, 7) is 6.21. The summed E-state index contributed by atoms with van der Waals surface area (Å²) in [7, 11) is 2.00. The molecule has 0 spiro atoms. The van der Waals surface area contributed by atoms with E-state index in [1.165, 1.54) is 6.42 Å². The fourth-order valence-electron chi connectivity index (χ4n) is 2.99. The number of benzene rings is 1. The second kappa shape index (κ2) is 8.30. The molecule has 0 aromatic heterocycles. The molecule has 1 heterocycles. The van der Waals surface area contributed by atoms with Crippen LogP contribution in [0.2, 0.25) is 0 Å². The van der Waals surface area contributed by atoms with Crippen molar-refractivity contribution in [1.29, 1.82) is 0 Å². The maximum atomic E-state index is 12.7. The van der Waals surface area contributed by atoms with Gasteiger partial charge in [0.05, 0.1) is 12.6 Å². The molecule has 0 saturated carbocycles. The van der Waals surface area contributed by atoms with Gasteiger partial charge in [0.15, 0.2) is 0 Å². The van der Waals surface area contributed by atoms with Crippen molar-refractivity contribution in [1.82, 2.24) is 4.90 Å². The first-order chi connectivity index (χ1) is 10.6. The zero-order chi connectivity index (χ0) is 15.9. The van der Waals surface area contributed by atoms with Gasteiger partial charge in [0, 0.05) is 24.9 Å². The van der Waals surface area contributed by atoms with Gasteiger partial charge in [-0.2, -0.15) is 0 Å². The lowest BCUT2D eigenvalue weighted by Gasteiger charge is -2.31. The van der Waals surface area contributed by atoms with Crippen molar-refractivity contribution in [3.63, 3.8) is 0 Å². The SMILES string of the molecule is CC(C)N(C(=O)CN(C)CC1CCCCO1)c1ccccc1. The molecule has 1 amide bonds. The molecule has 4 nitrogen and oxygen atoms in total. The summed E-state index contributed by atoms with van der Waals surface area (Å²) in [6, 6.07) is 10.0. The summed E-state index contributed by atoms with van der Waals surface area (Å²) in [5.74, 6) is 0.138. The van der Waals surface area contributed by atoms with E-state index in [9.17, 15) is 4.79 Å². The van der Waals surface area contributed by atoms with Crippen molar-refractivity contribution in [3.8, 4) is 0 Å². The summed E-state index contributed by atoms with van der Waals surface area (Å²) >= 11 is 0. The Kier molecular flexibility index (Phi) is 6.40. The molecule has 4 heteroatoms. The molecule has 1 aromatic rings. The Morgan fingerprint density at radius 1 is 1.27 bits per heavy atom. The zero-order valence-corrected chi connectivity index (χ0v) is 14.0. The average Bonchev–Trinajstić information content (AvgIpc) is 2.48. The lowest BCUT2D eigenvalue weighted by Crippen LogP contribution is -2.45. The quantitative estimate of drug-likeness (QED) is 0.810. The van der Waals surface area contributed by atoms with Crippen LogP contribution in [0.5, 0.6) is 0 Å². The molecule has 0 N–H and O–H groups in total. The van der Waals surface area contributed by atoms with Crippen molar-refractivity contribution < 1.29 is 9.53 Å². The number of hydrogen-bond acceptors (Lipinski definition) is 3. The Morgan fingerprint density at radius 2 is 2.00 bits per heavy atom. The number of hydrogen-bond donors (Lipinski definition) is 0. The molecule has 1 atom stereocenters. The van der Waals surface area contributed by atoms with Gasteiger partial charge in [-0.25, -0.2) is 0 Å². The van der Waals surface area contributed by atoms with Gasteiger partial charge in [-0.05, 0) is 52.3 Å². The van der Waals surface area contributed by atoms with Crippen molar-refractivity contribution in [2.45, 2.75) is 45.3 Å². The van der Waals surface area contributed by atoms with Crippen LogP contribution in [0.15, 0.2) is 30.3 Å². The molecule has 2 rings (SSSR count). The van der Waals surface area contributed by atoms with E-state index >= 15 is 0 Å². The summed E-state index contributed by atoms with van der Waals surface area (Å²) in [5.41, 5.74) is 0.963. The zero-order valence-electron chi connectivity index (χ0n) is 14.0. The van der Waals surface area contributed by atoms with Gasteiger partial charge >= 0.3 is 0 Å². The highest BCUT2D eigenvalue weighted by Crippen LogP contribution is 2.17. The number of para-hydroxylation sites is 1. The van der Waals surface area contributed by atoms with Crippen LogP contribution >= 0.6 is 0 Å². The molecule has 1 aliphatic heterocycles. The van der Waals surface area contributed by atoms with Gasteiger partial charge in [0.1, 0.15) is 0 Å². The van der Waals surface area contributed by atoms with E-state index in [0.717, 1.165) is 31.7 Å². The standard InChI is InChI=1S/C18H28N2O2/c1-15(2)20(16-9-5-4-6-10-16)18(21)14-19(3)13-17-11-7-8-12-22-17/h4-6,9-10,15,17H,7-8,11-14H2,1-3H3. The predicted octanol–water partition coefficient (Wildman–Crippen LogP) is 2.93. The predicted molar refractivity (Wildman–Crippen MR) is 90.2 cm³/mol. The van der Waals surface area contributed by atoms with Crippen LogP contribution in [-0.4, -0.2) is 49.7 Å². The molecule has 0 bridgehead atoms. The molecule has 1 saturated heterocycles. The van der Waals surface area contributed by atoms with E-state index in [-0.39, 0.29) is 18.1 Å². The minimum Gasteiger partial charge on any atom is -0.377 e. The number of amides is 1. The summed E-state index contributed by atoms with van der Waals surface area (Å²) in [6.07, 6.45) is 3.77. The van der Waals surface area contributed by atoms with E-state index in [2.05, 4.69) is 18.7 Å². The Hall–Kier alpha value is -1.39. The third kappa shape index (κ3) is 4.82. The maximum Gasteiger partial charge on any atom is 0.241 e. The van der Waals surface area contributed by atoms with Gasteiger partial charge in [-0.15, -0.1) is 0 Å². The van der Waals surface area contributed by atoms with Gasteiger partial charge in [0.25, 0.3) is 0 Å². The highest BCUT2D eigenvalue weighted by Gasteiger charge is 2.22. The first-order valence-electron chi connectivity index (χ1n) is 8.25. The van der Waals surface area contributed by atoms with Gasteiger partial charge < -0.3 is 9.64 Å². The molecule has 0 aliphatic carbocycles. The minimum atomic E-state index is 0.138. The van der Waals surface area contributed by atoms with Crippen molar-refractivity contribution in [3.05, 3.63) is 30.3 Å². The molecule has 1 aromatic carbocycles. The number of anilines is 1. The molecule has 22 heavy (non-hydrogen) atoms. The summed E-state index contributed by atoms with van der Waals surface area (Å²) in [5, 5.41) is 0. The number of carbonyl (C=O) groups is 1. The monoisotopic (exact) mass is 304 g/mol. The number of carbonyl (C=O) groups excluding carboxylic acids is 1. The van der Waals surface area contributed by atoms with E-state index in [1.54, 1.807) is 0 Å². The smallest absolute Gasteiger partial charge is 0.241 e. The second-order valence-electron chi connectivity index (χ2n) is 6.38. The Balaban J connectivity index is 1.93. The number of rotatable bonds is 6. The van der Waals surface area contributed by atoms with Crippen LogP contribution in [0.3, 0.4) is 0 Å². The lowest BCUT2D eigenvalue weighted by atomic mass is 10.1. The molecule has 0 radical (unpaired) electrons. The van der Waals surface area contributed by atoms with Crippen molar-refractivity contribution in [2.75, 3.05) is 31.6 Å². The Morgan fingerprint density at radius 3 is 2.59 bits per heavy atom. The van der Waals surface area contributed by atoms with Crippen molar-refractivity contribution in [2.24, 2.45) is 0 Å². The normalized spacial score (nSPS) is 18.7. The second-order valence-corrected chi connectivity index (χ2v) is 6.38. The van der Waals surface area contributed by atoms with Crippen LogP contribution in [0.4, 0.5) is 5.69 Å². The maximum absolute atomic E-state index is 12.7. The third-order valence-electron chi connectivity index (χ3n) is 4.01. The first-order valence-corrected chi connectivity index (χ1v) is 8.25. The minimum absolute atomic E-state index is 0.138. The summed E-state index contributed by atoms with van der Waals surface area (Å²) in [4.78, 5) is 16.6. The molecule has 1 aliphatic rings. The Bertz CT molecular complexity index is 455. The average molecular weight is 304 g/mol. The highest BCUT2D eigenvalue weighted by molar-refractivity contribution is 5.95. The molecule has 1 unspecified atom stereocenters. The van der Waals surface area contributed by atoms with E-state index < -0.39 is 0 Å². The largest absolute Gasteiger partial charge is 0.377 e. The van der Waals surface area contributed by atoms with Crippen LogP contribution in [-0.2, 0) is 9.53 Å². The number of ether oxygens (including phenoxy) is 1. The fraction of sp³-hybridized carbons (Fsp3) is 0.611. The highest BCUT2D eigenvalue weighted by atomic mass is 16.5. The van der Waals surface area contributed by atoms with Gasteiger partial charge in [-0.1, -0.05) is 18.2 Å². The van der Waals surface area contributed by atoms with E-state index in [0.29, 0.717) is 6.54 Å². The van der Waals surface area contributed by atoms with Crippen LogP contribution in [0.1, 0.15) is 33.1 Å². The van der Waals surface area contributed by atoms with Gasteiger partial charge in [0.2, 0.25) is 5.91 Å². The summed E-state index contributed by atoms with van der Waals surface area (Å²) < 4.78 is 5.76. The third-order valence-corrected chi connectivity index (χ3v) is 4.01. The molecular formula is C18H28N2O2. The van der Waals surface area contributed by atoms with Crippen LogP contribution in [0.25, 0.3) is 0 Å². The molecule has 1 fully saturated rings. The first kappa shape index (κ1) is 17.0. The van der Waals surface area contributed by atoms with Gasteiger partial charge in [-0.3, -0.25) is 9.69 Å². The fourth-order valence-corrected chi connectivity index (χ4v) is 2.99. The number of nitrogens with zero attached hydrogens (tertiary/aromatic N) is 2. The lowest BCUT2D eigenvalue weighted by molar-refractivity contribution is -0.120. The molecule has 122 valence electrons. The van der Waals surface area contributed by atoms with Crippen LogP contribution < -0.4 is 4.90 Å². The number of likely N-dealkylation sites (N-methyl/N-ethyl adjacent to an activating group) is 1. The van der Waals surface area contributed by atoms with E-state index in [1.807, 2.05) is 42.3 Å². The van der Waals surface area contributed by atoms with Crippen LogP contribution in [0, 0.1) is 0 Å². The Labute approximate surface area is 134 Å².